The second-order valence-corrected chi connectivity index (χ2v) is 9.59. The van der Waals surface area contributed by atoms with E-state index in [0.717, 1.165) is 32.5 Å². The Morgan fingerprint density at radius 2 is 1.65 bits per heavy atom. The molecule has 2 fully saturated rings. The second kappa shape index (κ2) is 11.9. The van der Waals surface area contributed by atoms with Crippen LogP contribution in [0.2, 0.25) is 0 Å². The molecule has 0 saturated carbocycles. The number of nitrogens with zero attached hydrogens (tertiary/aromatic N) is 4. The summed E-state index contributed by atoms with van der Waals surface area (Å²) < 4.78 is 7.12. The summed E-state index contributed by atoms with van der Waals surface area (Å²) in [5.74, 6) is 0.261. The van der Waals surface area contributed by atoms with Crippen molar-refractivity contribution in [2.75, 3.05) is 31.5 Å². The summed E-state index contributed by atoms with van der Waals surface area (Å²) in [5.41, 5.74) is 2.47. The summed E-state index contributed by atoms with van der Waals surface area (Å²) in [4.78, 5) is 39.2. The molecule has 9 nitrogen and oxygen atoms in total. The summed E-state index contributed by atoms with van der Waals surface area (Å²) >= 11 is 0. The van der Waals surface area contributed by atoms with Crippen LogP contribution >= 0.6 is 0 Å². The van der Waals surface area contributed by atoms with E-state index in [9.17, 15) is 9.59 Å². The van der Waals surface area contributed by atoms with E-state index >= 15 is 0 Å². The normalized spacial score (nSPS) is 16.8. The van der Waals surface area contributed by atoms with Gasteiger partial charge in [-0.25, -0.2) is 9.78 Å². The number of imidazole rings is 1. The Balaban J connectivity index is 1.07. The lowest BCUT2D eigenvalue weighted by Crippen LogP contribution is -2.44. The number of carbonyl (C=O) groups excluding carboxylic acids is 2. The number of hydrogen-bond donors (Lipinski definition) is 1. The molecule has 194 valence electrons. The first-order valence-electron chi connectivity index (χ1n) is 13.0. The van der Waals surface area contributed by atoms with Crippen LogP contribution in [0.5, 0.6) is 5.75 Å². The van der Waals surface area contributed by atoms with E-state index in [4.69, 9.17) is 9.57 Å². The van der Waals surface area contributed by atoms with E-state index in [0.29, 0.717) is 30.1 Å². The summed E-state index contributed by atoms with van der Waals surface area (Å²) in [5, 5.41) is 2.91. The Hall–Kier alpha value is -3.85. The molecule has 5 rings (SSSR count). The minimum atomic E-state index is -0.387. The van der Waals surface area contributed by atoms with E-state index < -0.39 is 0 Å². The zero-order chi connectivity index (χ0) is 25.5. The Kier molecular flexibility index (Phi) is 8.00. The first kappa shape index (κ1) is 24.8. The van der Waals surface area contributed by atoms with E-state index in [1.54, 1.807) is 52.6 Å². The van der Waals surface area contributed by atoms with Crippen molar-refractivity contribution in [1.29, 1.82) is 0 Å². The standard InChI is InChI=1S/C28H33N5O4/c34-27(23-6-4-22(5-7-23)20-31-15-2-1-3-16-31)30-24-8-10-25(11-9-24)36-28(35)32-17-12-26(13-18-32)37-33-19-14-29-21-33/h4-11,14,19,21,26H,1-3,12-13,15-18,20H2,(H,30,34). The summed E-state index contributed by atoms with van der Waals surface area (Å²) in [6.45, 7) is 4.34. The fourth-order valence-electron chi connectivity index (χ4n) is 4.74. The maximum atomic E-state index is 12.7. The minimum Gasteiger partial charge on any atom is -0.410 e. The molecule has 2 aromatic carbocycles. The van der Waals surface area contributed by atoms with Gasteiger partial charge in [0.15, 0.2) is 0 Å². The Bertz CT molecular complexity index is 1150. The molecule has 1 aromatic heterocycles. The smallest absolute Gasteiger partial charge is 0.410 e. The quantitative estimate of drug-likeness (QED) is 0.520. The highest BCUT2D eigenvalue weighted by molar-refractivity contribution is 6.04. The molecule has 9 heteroatoms. The van der Waals surface area contributed by atoms with Gasteiger partial charge in [-0.3, -0.25) is 9.69 Å². The van der Waals surface area contributed by atoms with Crippen molar-refractivity contribution in [3.05, 3.63) is 78.4 Å². The van der Waals surface area contributed by atoms with Crippen molar-refractivity contribution in [2.45, 2.75) is 44.8 Å². The summed E-state index contributed by atoms with van der Waals surface area (Å²) in [6.07, 6.45) is 9.96. The molecule has 2 aliphatic rings. The third kappa shape index (κ3) is 6.89. The van der Waals surface area contributed by atoms with Gasteiger partial charge in [-0.2, -0.15) is 4.73 Å². The molecule has 0 atom stereocenters. The van der Waals surface area contributed by atoms with Gasteiger partial charge < -0.3 is 19.8 Å². The van der Waals surface area contributed by atoms with Gasteiger partial charge in [-0.15, -0.1) is 0 Å². The number of hydrogen-bond acceptors (Lipinski definition) is 6. The average molecular weight is 504 g/mol. The van der Waals surface area contributed by atoms with E-state index in [1.165, 1.54) is 24.8 Å². The highest BCUT2D eigenvalue weighted by atomic mass is 16.7. The first-order valence-corrected chi connectivity index (χ1v) is 13.0. The number of aromatic nitrogens is 2. The lowest BCUT2D eigenvalue weighted by atomic mass is 10.1. The molecule has 2 aliphatic heterocycles. The third-order valence-electron chi connectivity index (χ3n) is 6.84. The number of carbonyl (C=O) groups is 2. The molecule has 0 unspecified atom stereocenters. The number of likely N-dealkylation sites (tertiary alicyclic amines) is 2. The zero-order valence-electron chi connectivity index (χ0n) is 20.9. The lowest BCUT2D eigenvalue weighted by Gasteiger charge is -2.31. The number of rotatable bonds is 7. The fourth-order valence-corrected chi connectivity index (χ4v) is 4.74. The van der Waals surface area contributed by atoms with Gasteiger partial charge >= 0.3 is 6.09 Å². The van der Waals surface area contributed by atoms with Crippen LogP contribution in [-0.2, 0) is 6.54 Å². The molecule has 2 amide bonds. The van der Waals surface area contributed by atoms with Gasteiger partial charge in [0.2, 0.25) is 0 Å². The Morgan fingerprint density at radius 1 is 0.919 bits per heavy atom. The molecule has 0 spiro atoms. The van der Waals surface area contributed by atoms with Gasteiger partial charge in [-0.1, -0.05) is 18.6 Å². The largest absolute Gasteiger partial charge is 0.415 e. The monoisotopic (exact) mass is 503 g/mol. The number of piperidine rings is 2. The number of nitrogens with one attached hydrogen (secondary N) is 1. The Morgan fingerprint density at radius 3 is 2.32 bits per heavy atom. The van der Waals surface area contributed by atoms with E-state index in [1.807, 2.05) is 24.3 Å². The minimum absolute atomic E-state index is 0.0343. The van der Waals surface area contributed by atoms with E-state index in [2.05, 4.69) is 15.2 Å². The van der Waals surface area contributed by atoms with Crippen LogP contribution in [0.25, 0.3) is 0 Å². The molecule has 0 bridgehead atoms. The van der Waals surface area contributed by atoms with E-state index in [-0.39, 0.29) is 18.1 Å². The molecule has 2 saturated heterocycles. The third-order valence-corrected chi connectivity index (χ3v) is 6.84. The summed E-state index contributed by atoms with van der Waals surface area (Å²) in [6, 6.07) is 14.6. The average Bonchev–Trinajstić information content (AvgIpc) is 3.44. The van der Waals surface area contributed by atoms with Crippen LogP contribution in [0.4, 0.5) is 10.5 Å². The van der Waals surface area contributed by atoms with Gasteiger partial charge in [0, 0.05) is 49.9 Å². The maximum Gasteiger partial charge on any atom is 0.415 e. The van der Waals surface area contributed by atoms with Crippen LogP contribution in [0.1, 0.15) is 48.0 Å². The molecule has 37 heavy (non-hydrogen) atoms. The molecular formula is C28H33N5O4. The van der Waals surface area contributed by atoms with Gasteiger partial charge in [0.25, 0.3) is 5.91 Å². The van der Waals surface area contributed by atoms with Crippen molar-refractivity contribution in [1.82, 2.24) is 19.5 Å². The predicted octanol–water partition coefficient (Wildman–Crippen LogP) is 4.21. The topological polar surface area (TPSA) is 88.9 Å². The first-order chi connectivity index (χ1) is 18.1. The van der Waals surface area contributed by atoms with Gasteiger partial charge in [-0.05, 0) is 67.9 Å². The Labute approximate surface area is 216 Å². The highest BCUT2D eigenvalue weighted by Crippen LogP contribution is 2.20. The van der Waals surface area contributed by atoms with Crippen molar-refractivity contribution in [3.63, 3.8) is 0 Å². The molecule has 3 aromatic rings. The number of amides is 2. The van der Waals surface area contributed by atoms with Crippen LogP contribution < -0.4 is 14.9 Å². The highest BCUT2D eigenvalue weighted by Gasteiger charge is 2.25. The molecule has 1 N–H and O–H groups in total. The van der Waals surface area contributed by atoms with Gasteiger partial charge in [0.05, 0.1) is 6.20 Å². The number of benzene rings is 2. The molecule has 0 aliphatic carbocycles. The second-order valence-electron chi connectivity index (χ2n) is 9.59. The van der Waals surface area contributed by atoms with Crippen molar-refractivity contribution >= 4 is 17.7 Å². The lowest BCUT2D eigenvalue weighted by molar-refractivity contribution is -0.0000211. The van der Waals surface area contributed by atoms with Crippen LogP contribution in [0, 0.1) is 0 Å². The van der Waals surface area contributed by atoms with Gasteiger partial charge in [0.1, 0.15) is 18.2 Å². The molecular weight excluding hydrogens is 470 g/mol. The SMILES string of the molecule is O=C(Nc1ccc(OC(=O)N2CCC(On3ccnc3)CC2)cc1)c1ccc(CN2CCCCC2)cc1. The summed E-state index contributed by atoms with van der Waals surface area (Å²) in [7, 11) is 0. The van der Waals surface area contributed by atoms with Crippen molar-refractivity contribution < 1.29 is 19.2 Å². The molecule has 0 radical (unpaired) electrons. The van der Waals surface area contributed by atoms with Crippen LogP contribution in [-0.4, -0.2) is 63.8 Å². The zero-order valence-corrected chi connectivity index (χ0v) is 20.9. The number of ether oxygens (including phenoxy) is 1. The molecule has 3 heterocycles. The van der Waals surface area contributed by atoms with Crippen LogP contribution in [0.15, 0.2) is 67.3 Å². The predicted molar refractivity (Wildman–Crippen MR) is 139 cm³/mol. The number of anilines is 1. The van der Waals surface area contributed by atoms with Crippen molar-refractivity contribution in [3.8, 4) is 5.75 Å². The fraction of sp³-hybridized carbons (Fsp3) is 0.393. The van der Waals surface area contributed by atoms with Crippen molar-refractivity contribution in [2.24, 2.45) is 0 Å². The van der Waals surface area contributed by atoms with Crippen LogP contribution in [0.3, 0.4) is 0 Å². The maximum absolute atomic E-state index is 12.7.